The summed E-state index contributed by atoms with van der Waals surface area (Å²) < 4.78 is 80.7. The smallest absolute Gasteiger partial charge is 0.410 e. The molecule has 0 spiro atoms. The molecule has 4 aromatic heterocycles. The Kier molecular flexibility index (Phi) is 30.6. The van der Waals surface area contributed by atoms with Gasteiger partial charge in [-0.25, -0.2) is 27.2 Å². The maximum Gasteiger partial charge on any atom is 0.410 e. The highest BCUT2D eigenvalue weighted by molar-refractivity contribution is 6.02. The maximum atomic E-state index is 15.4. The highest BCUT2D eigenvalue weighted by Gasteiger charge is 2.46. The normalized spacial score (nSPS) is 19.1. The second-order valence-corrected chi connectivity index (χ2v) is 41.2. The first-order valence-electron chi connectivity index (χ1n) is 48.2. The first kappa shape index (κ1) is 100. The van der Waals surface area contributed by atoms with Crippen LogP contribution in [0.5, 0.6) is 0 Å². The minimum atomic E-state index is -0.928. The number of aromatic nitrogens is 4. The molecule has 4 aromatic carbocycles. The zero-order valence-electron chi connectivity index (χ0n) is 82.2. The van der Waals surface area contributed by atoms with Crippen molar-refractivity contribution in [2.45, 2.75) is 312 Å². The standard InChI is InChI=1S/C56H78F2N8O8.C46H62F2N8O4/c1-31(2)45(59-49(67)33(5)61(13)53(71)73-55(7,8)9)51(69)63-23-15-17-37(63)29-41-39-21-19-35(57)27-43(39)65-25-26-66-44-28-36(58)20-22-40(44)42(48(66)47(41)65)30-38-18-16-24-64(38)52(70)46(32(3)4)60-50(68)34(6)62(14)54(72)74-56(10,11)12;1-25(2)39(51-43(57)27(5)49-7)45(59)53-17-9-11-31(53)23-35-33-15-13-29(47)21-37(33)55-19-20-56-38-22-30(48)14-16-34(38)36(42(56)41(35)55)24-32-12-10-18-54(32)46(60)40(26(3)4)52-44(58)28(6)50-8/h19-22,27-28,31-34,37-38,45-46H,15-18,23-26,29-30H2,1-14H3,(H,59,67)(H,60,68);13-16,21-22,25-28,31-32,39-40,49-50H,9-12,17-20,23-24H2,1-8H3,(H,51,57)(H,52,58)/t33-,34-,37-,38-,45-,46-;27-,28-,31-,32-,39-,40-/m00/s1. The average Bonchev–Trinajstić information content (AvgIpc) is 1.55. The lowest BCUT2D eigenvalue weighted by Gasteiger charge is -2.34. The van der Waals surface area contributed by atoms with Crippen LogP contribution < -0.4 is 31.9 Å². The van der Waals surface area contributed by atoms with Crippen molar-refractivity contribution in [3.8, 4) is 22.8 Å². The number of aryl methyl sites for hydroxylation is 4. The van der Waals surface area contributed by atoms with Gasteiger partial charge in [-0.05, 0) is 279 Å². The topological polar surface area (TPSA) is 300 Å². The highest BCUT2D eigenvalue weighted by Crippen LogP contribution is 2.49. The number of hydrogen-bond acceptors (Lipinski definition) is 14. The molecule has 0 saturated carbocycles. The van der Waals surface area contributed by atoms with Crippen molar-refractivity contribution in [2.75, 3.05) is 54.4 Å². The molecule has 6 aliphatic rings. The lowest BCUT2D eigenvalue weighted by Crippen LogP contribution is -2.56. The van der Waals surface area contributed by atoms with Crippen LogP contribution in [0.25, 0.3) is 66.4 Å². The minimum Gasteiger partial charge on any atom is -0.444 e. The second-order valence-electron chi connectivity index (χ2n) is 41.2. The van der Waals surface area contributed by atoms with E-state index in [4.69, 9.17) is 9.47 Å². The number of benzene rings is 4. The molecule has 728 valence electrons. The van der Waals surface area contributed by atoms with Crippen LogP contribution >= 0.6 is 0 Å². The van der Waals surface area contributed by atoms with Gasteiger partial charge >= 0.3 is 12.2 Å². The molecular weight excluding hydrogens is 1720 g/mol. The van der Waals surface area contributed by atoms with E-state index in [0.29, 0.717) is 102 Å². The van der Waals surface area contributed by atoms with E-state index in [2.05, 4.69) is 50.2 Å². The van der Waals surface area contributed by atoms with Crippen molar-refractivity contribution in [1.29, 1.82) is 0 Å². The number of halogens is 4. The van der Waals surface area contributed by atoms with E-state index in [1.54, 1.807) is 120 Å². The largest absolute Gasteiger partial charge is 0.444 e. The van der Waals surface area contributed by atoms with Gasteiger partial charge in [0.15, 0.2) is 0 Å². The Labute approximate surface area is 784 Å². The third kappa shape index (κ3) is 20.9. The van der Waals surface area contributed by atoms with Gasteiger partial charge in [-0.15, -0.1) is 0 Å². The molecule has 0 unspecified atom stereocenters. The van der Waals surface area contributed by atoms with Gasteiger partial charge in [-0.1, -0.05) is 55.4 Å². The maximum absolute atomic E-state index is 15.4. The molecule has 0 bridgehead atoms. The molecule has 6 aliphatic heterocycles. The Morgan fingerprint density at radius 1 is 0.351 bits per heavy atom. The highest BCUT2D eigenvalue weighted by atomic mass is 19.1. The predicted molar refractivity (Wildman–Crippen MR) is 510 cm³/mol. The molecule has 12 atom stereocenters. The van der Waals surface area contributed by atoms with Gasteiger partial charge in [-0.3, -0.25) is 48.2 Å². The fourth-order valence-electron chi connectivity index (χ4n) is 20.6. The summed E-state index contributed by atoms with van der Waals surface area (Å²) in [5.41, 5.74) is 8.78. The van der Waals surface area contributed by atoms with Crippen LogP contribution in [0.15, 0.2) is 72.8 Å². The molecule has 32 heteroatoms. The Balaban J connectivity index is 0.000000232. The Morgan fingerprint density at radius 2 is 0.567 bits per heavy atom. The fraction of sp³-hybridized carbons (Fsp3) is 0.588. The van der Waals surface area contributed by atoms with Crippen LogP contribution in [0.2, 0.25) is 0 Å². The molecule has 28 nitrogen and oxygen atoms in total. The van der Waals surface area contributed by atoms with Crippen molar-refractivity contribution >= 4 is 103 Å². The van der Waals surface area contributed by atoms with Gasteiger partial charge in [0.25, 0.3) is 0 Å². The van der Waals surface area contributed by atoms with Crippen molar-refractivity contribution < 1.29 is 75.0 Å². The van der Waals surface area contributed by atoms with Crippen LogP contribution in [0, 0.1) is 46.9 Å². The number of nitrogens with one attached hydrogen (secondary N) is 6. The zero-order valence-corrected chi connectivity index (χ0v) is 82.2. The van der Waals surface area contributed by atoms with E-state index >= 15 is 17.6 Å². The van der Waals surface area contributed by atoms with Gasteiger partial charge in [-0.2, -0.15) is 0 Å². The number of rotatable bonds is 28. The number of carbonyl (C=O) groups excluding carboxylic acids is 10. The van der Waals surface area contributed by atoms with Crippen LogP contribution in [0.1, 0.15) is 198 Å². The Bertz CT molecular complexity index is 5430. The number of hydrogen-bond donors (Lipinski definition) is 6. The zero-order chi connectivity index (χ0) is 97.6. The number of fused-ring (bicyclic) bond motifs is 14. The summed E-state index contributed by atoms with van der Waals surface area (Å²) in [6.07, 6.45) is 6.49. The molecule has 10 amide bonds. The molecule has 4 saturated heterocycles. The monoisotopic (exact) mass is 1860 g/mol. The van der Waals surface area contributed by atoms with Crippen molar-refractivity contribution in [3.63, 3.8) is 0 Å². The number of ether oxygens (including phenoxy) is 2. The third-order valence-corrected chi connectivity index (χ3v) is 28.3. The summed E-state index contributed by atoms with van der Waals surface area (Å²) in [6.45, 7) is 36.5. The van der Waals surface area contributed by atoms with Gasteiger partial charge in [0.1, 0.15) is 70.7 Å². The fourth-order valence-corrected chi connectivity index (χ4v) is 20.6. The lowest BCUT2D eigenvalue weighted by atomic mass is 9.94. The van der Waals surface area contributed by atoms with E-state index in [1.165, 1.54) is 48.2 Å². The van der Waals surface area contributed by atoms with Crippen molar-refractivity contribution in [3.05, 3.63) is 118 Å². The summed E-state index contributed by atoms with van der Waals surface area (Å²) in [7, 11) is 6.40. The number of carbonyl (C=O) groups is 10. The molecule has 134 heavy (non-hydrogen) atoms. The number of nitrogens with zero attached hydrogens (tertiary/aromatic N) is 10. The molecule has 6 N–H and O–H groups in total. The minimum absolute atomic E-state index is 0.111. The number of likely N-dealkylation sites (tertiary alicyclic amines) is 4. The van der Waals surface area contributed by atoms with Crippen LogP contribution in [0.3, 0.4) is 0 Å². The summed E-state index contributed by atoms with van der Waals surface area (Å²) >= 11 is 0. The number of amides is 10. The Morgan fingerprint density at radius 3 is 0.769 bits per heavy atom. The molecular formula is C102H140F4N16O12. The van der Waals surface area contributed by atoms with E-state index in [0.717, 1.165) is 116 Å². The summed E-state index contributed by atoms with van der Waals surface area (Å²) in [5.74, 6) is -4.47. The van der Waals surface area contributed by atoms with Gasteiger partial charge in [0, 0.05) is 112 Å². The molecule has 4 fully saturated rings. The summed E-state index contributed by atoms with van der Waals surface area (Å²) in [5, 5.41) is 21.3. The summed E-state index contributed by atoms with van der Waals surface area (Å²) in [4.78, 5) is 148. The van der Waals surface area contributed by atoms with Gasteiger partial charge < -0.3 is 79.2 Å². The predicted octanol–water partition coefficient (Wildman–Crippen LogP) is 13.5. The SMILES string of the molecule is CC(C)[C@H](NC(=O)[C@H](C)N(C)C(=O)OC(C)(C)C)C(=O)N1CCC[C@H]1Cc1c2n(c3cc(F)ccc13)CCn1c-2c(C[C@@H]2CCCN2C(=O)[C@@H](NC(=O)[C@H](C)N(C)C(=O)OC(C)(C)C)C(C)C)c2ccc(F)cc21.CN[C@@H](C)C(=O)N[C@H](C(=O)N1CCC[C@H]1Cc1c2n(c3cc(F)ccc13)CCn1c-2c(C[C@@H]2CCCN2C(=O)[C@@H](NC(=O)[C@H](C)NC)C(C)C)c2ccc(F)cc21)C(C)C. The lowest BCUT2D eigenvalue weighted by molar-refractivity contribution is -0.139. The quantitative estimate of drug-likeness (QED) is 0.0249. The van der Waals surface area contributed by atoms with Gasteiger partial charge in [0.05, 0.1) is 56.9 Å². The summed E-state index contributed by atoms with van der Waals surface area (Å²) in [6, 6.07) is 12.5. The first-order chi connectivity index (χ1) is 63.2. The molecule has 14 rings (SSSR count). The van der Waals surface area contributed by atoms with Crippen LogP contribution in [-0.2, 0) is 99.7 Å². The average molecular weight is 1860 g/mol. The molecule has 0 radical (unpaired) electrons. The molecule has 10 heterocycles. The van der Waals surface area contributed by atoms with E-state index in [9.17, 15) is 47.9 Å². The van der Waals surface area contributed by atoms with Crippen LogP contribution in [-0.4, -0.2) is 245 Å². The second kappa shape index (κ2) is 40.9. The van der Waals surface area contributed by atoms with E-state index < -0.39 is 95.2 Å². The van der Waals surface area contributed by atoms with Gasteiger partial charge in [0.2, 0.25) is 47.3 Å². The Hall–Kier alpha value is -11.0. The van der Waals surface area contributed by atoms with E-state index in [-0.39, 0.29) is 94.9 Å². The third-order valence-electron chi connectivity index (χ3n) is 28.3. The van der Waals surface area contributed by atoms with Crippen LogP contribution in [0.4, 0.5) is 27.2 Å². The molecule has 8 aromatic rings. The van der Waals surface area contributed by atoms with E-state index in [1.807, 2.05) is 87.1 Å². The molecule has 0 aliphatic carbocycles. The van der Waals surface area contributed by atoms with Crippen molar-refractivity contribution in [1.82, 2.24) is 79.6 Å². The number of likely N-dealkylation sites (N-methyl/N-ethyl adjacent to an activating group) is 4. The first-order valence-corrected chi connectivity index (χ1v) is 48.2. The van der Waals surface area contributed by atoms with Crippen molar-refractivity contribution in [2.24, 2.45) is 23.7 Å².